The number of β-lactam (4-membered cyclic amide) rings is 1. The lowest BCUT2D eigenvalue weighted by Gasteiger charge is -2.49. The number of benzene rings is 1. The maximum absolute atomic E-state index is 13.7. The molecular formula is C27H27N10O7S2+. The first kappa shape index (κ1) is 30.8. The third-order valence-electron chi connectivity index (χ3n) is 7.57. The summed E-state index contributed by atoms with van der Waals surface area (Å²) >= 11 is 2.29. The van der Waals surface area contributed by atoms with Crippen molar-refractivity contribution in [2.45, 2.75) is 44.7 Å². The minimum Gasteiger partial charge on any atom is -0.504 e. The molecule has 1 fully saturated rings. The van der Waals surface area contributed by atoms with E-state index in [2.05, 4.69) is 35.1 Å². The van der Waals surface area contributed by atoms with Crippen LogP contribution in [0.1, 0.15) is 37.6 Å². The fraction of sp³-hybridized carbons (Fsp3) is 0.333. The van der Waals surface area contributed by atoms with Crippen LogP contribution in [0.2, 0.25) is 0 Å². The number of nitrogens with zero attached hydrogens (tertiary/aromatic N) is 8. The second-order valence-corrected chi connectivity index (χ2v) is 13.0. The second-order valence-electron chi connectivity index (χ2n) is 11.1. The molecule has 0 aliphatic carbocycles. The predicted molar refractivity (Wildman–Crippen MR) is 163 cm³/mol. The number of anilines is 1. The third kappa shape index (κ3) is 5.58. The van der Waals surface area contributed by atoms with Gasteiger partial charge in [0.2, 0.25) is 23.2 Å². The molecule has 3 aromatic heterocycles. The smallest absolute Gasteiger partial charge is 0.350 e. The molecule has 238 valence electrons. The molecule has 1 amide bonds. The number of nitrogens with one attached hydrogen (secondary N) is 1. The number of nitrogens with two attached hydrogens (primary N) is 1. The molecule has 4 aromatic rings. The molecule has 2 aliphatic heterocycles. The van der Waals surface area contributed by atoms with Crippen LogP contribution in [0.25, 0.3) is 16.5 Å². The van der Waals surface area contributed by atoms with Gasteiger partial charge in [-0.1, -0.05) is 5.16 Å². The summed E-state index contributed by atoms with van der Waals surface area (Å²) in [6, 6.07) is 4.84. The molecular weight excluding hydrogens is 640 g/mol. The molecule has 6 N–H and O–H groups in total. The van der Waals surface area contributed by atoms with Crippen LogP contribution in [0, 0.1) is 12.8 Å². The van der Waals surface area contributed by atoms with Crippen molar-refractivity contribution in [1.82, 2.24) is 34.9 Å². The summed E-state index contributed by atoms with van der Waals surface area (Å²) in [4.78, 5) is 49.5. The van der Waals surface area contributed by atoms with E-state index in [4.69, 9.17) is 10.6 Å². The van der Waals surface area contributed by atoms with Gasteiger partial charge < -0.3 is 25.9 Å². The molecule has 0 spiro atoms. The highest BCUT2D eigenvalue weighted by Crippen LogP contribution is 2.47. The van der Waals surface area contributed by atoms with Gasteiger partial charge in [0, 0.05) is 47.7 Å². The topological polar surface area (TPSA) is 247 Å². The lowest BCUT2D eigenvalue weighted by molar-refractivity contribution is -0.693. The van der Waals surface area contributed by atoms with Crippen molar-refractivity contribution in [2.24, 2.45) is 11.1 Å². The summed E-state index contributed by atoms with van der Waals surface area (Å²) in [5.74, 6) is -2.92. The number of carbonyl (C=O) groups is 3. The molecule has 2 aliphatic rings. The van der Waals surface area contributed by atoms with Crippen molar-refractivity contribution in [3.63, 3.8) is 0 Å². The first-order chi connectivity index (χ1) is 21.8. The number of fused-ring (bicyclic) bond motifs is 2. The number of aromatic nitrogens is 7. The number of nitrogen functional groups attached to an aromatic ring is 1. The van der Waals surface area contributed by atoms with Crippen LogP contribution >= 0.6 is 23.3 Å². The van der Waals surface area contributed by atoms with Gasteiger partial charge in [-0.05, 0) is 36.6 Å². The Morgan fingerprint density at radius 1 is 1.24 bits per heavy atom. The molecule has 2 atom stereocenters. The fourth-order valence-electron chi connectivity index (χ4n) is 5.06. The van der Waals surface area contributed by atoms with E-state index in [-0.39, 0.29) is 46.3 Å². The molecule has 0 bridgehead atoms. The summed E-state index contributed by atoms with van der Waals surface area (Å²) in [6.45, 7) is 4.79. The number of aryl methyl sites for hydroxylation is 1. The van der Waals surface area contributed by atoms with Gasteiger partial charge in [-0.25, -0.2) is 4.79 Å². The van der Waals surface area contributed by atoms with Gasteiger partial charge in [0.25, 0.3) is 0 Å². The Balaban J connectivity index is 1.28. The minimum absolute atomic E-state index is 0.0682. The number of tetrazole rings is 1. The van der Waals surface area contributed by atoms with Gasteiger partial charge in [0.05, 0.1) is 17.0 Å². The van der Waals surface area contributed by atoms with Gasteiger partial charge in [-0.2, -0.15) is 19.1 Å². The zero-order valence-electron chi connectivity index (χ0n) is 24.5. The molecule has 1 aromatic carbocycles. The van der Waals surface area contributed by atoms with Crippen LogP contribution in [0.4, 0.5) is 5.13 Å². The predicted octanol–water partition coefficient (Wildman–Crippen LogP) is 0.980. The largest absolute Gasteiger partial charge is 0.504 e. The normalized spacial score (nSPS) is 18.5. The number of oxime groups is 1. The number of phenols is 2. The number of carbonyl (C=O) groups excluding carboxylic acids is 2. The number of amides is 1. The number of hydrogen-bond acceptors (Lipinski definition) is 15. The standard InChI is InChI=1S/C27H26N10O7S2/c1-11-4-12-5-16(38)17(39)6-13(12)8-36(11)9-14-10-45-24-15(23(41)37(24)20(14)22-30-34-35-31-22)7-18(40)19(21-29-26(28)46-33-21)32-44-27(2,3)25(42)43/h4-6,8,15,24H,7,9-10H2,1-3H3,(H5,28,29,30,31,33,34,35,39,42,43)/p+1/b32-19+/t15-,24-/m1/s1. The average Bonchev–Trinajstić information content (AvgIpc) is 3.69. The molecule has 0 radical (unpaired) electrons. The molecule has 0 unspecified atom stereocenters. The number of phenolic OH excluding ortho intramolecular Hbond substituents is 2. The first-order valence-electron chi connectivity index (χ1n) is 13.7. The van der Waals surface area contributed by atoms with E-state index in [9.17, 15) is 29.7 Å². The summed E-state index contributed by atoms with van der Waals surface area (Å²) in [7, 11) is 0. The highest BCUT2D eigenvalue weighted by Gasteiger charge is 2.54. The van der Waals surface area contributed by atoms with Crippen molar-refractivity contribution >= 4 is 68.3 Å². The van der Waals surface area contributed by atoms with Crippen LogP contribution in [-0.4, -0.2) is 90.3 Å². The van der Waals surface area contributed by atoms with Crippen molar-refractivity contribution in [3.8, 4) is 11.5 Å². The zero-order chi connectivity index (χ0) is 32.9. The minimum atomic E-state index is -1.75. The van der Waals surface area contributed by atoms with Crippen molar-refractivity contribution in [3.05, 3.63) is 47.3 Å². The van der Waals surface area contributed by atoms with E-state index in [1.54, 1.807) is 4.90 Å². The number of carboxylic acid groups (broad SMARTS) is 1. The Hall–Kier alpha value is -5.17. The fourth-order valence-corrected chi connectivity index (χ4v) is 6.89. The molecule has 0 saturated carbocycles. The maximum Gasteiger partial charge on any atom is 0.350 e. The number of rotatable bonds is 10. The summed E-state index contributed by atoms with van der Waals surface area (Å²) < 4.78 is 5.98. The number of carboxylic acids is 1. The average molecular weight is 668 g/mol. The SMILES string of the molecule is Cc1cc2cc(O)c(O)cc2c[n+]1CC1=C(c2nn[nH]n2)N2C(=O)[C@@H](CC(=O)/C(=N\OC(C)(C)C(=O)O)c3nsc(N)n3)[C@H]2SC1. The lowest BCUT2D eigenvalue weighted by Crippen LogP contribution is -2.61. The third-order valence-corrected chi connectivity index (χ3v) is 9.51. The van der Waals surface area contributed by atoms with E-state index >= 15 is 0 Å². The number of Topliss-reactive ketones (excluding diaryl/α,β-unsaturated/α-hetero) is 1. The number of pyridine rings is 1. The van der Waals surface area contributed by atoms with Crippen molar-refractivity contribution in [1.29, 1.82) is 0 Å². The first-order valence-corrected chi connectivity index (χ1v) is 15.5. The van der Waals surface area contributed by atoms with E-state index in [0.29, 0.717) is 23.4 Å². The number of thioether (sulfide) groups is 1. The van der Waals surface area contributed by atoms with Gasteiger partial charge >= 0.3 is 5.97 Å². The van der Waals surface area contributed by atoms with Crippen molar-refractivity contribution in [2.75, 3.05) is 11.5 Å². The van der Waals surface area contributed by atoms with Crippen LogP contribution < -0.4 is 10.3 Å². The van der Waals surface area contributed by atoms with Gasteiger partial charge in [0.1, 0.15) is 0 Å². The van der Waals surface area contributed by atoms with E-state index in [0.717, 1.165) is 28.2 Å². The van der Waals surface area contributed by atoms with E-state index in [1.807, 2.05) is 23.8 Å². The summed E-state index contributed by atoms with van der Waals surface area (Å²) in [5.41, 5.74) is 5.77. The Morgan fingerprint density at radius 2 is 1.98 bits per heavy atom. The number of aromatic amines is 1. The van der Waals surface area contributed by atoms with Gasteiger partial charge in [0.15, 0.2) is 46.6 Å². The monoisotopic (exact) mass is 667 g/mol. The number of aliphatic carboxylic acids is 1. The van der Waals surface area contributed by atoms with Crippen LogP contribution in [-0.2, 0) is 25.8 Å². The molecule has 19 heteroatoms. The molecule has 46 heavy (non-hydrogen) atoms. The lowest BCUT2D eigenvalue weighted by atomic mass is 9.89. The molecule has 1 saturated heterocycles. The number of H-pyrrole nitrogens is 1. The van der Waals surface area contributed by atoms with Crippen LogP contribution in [0.5, 0.6) is 11.5 Å². The quantitative estimate of drug-likeness (QED) is 0.0520. The molecule has 6 rings (SSSR count). The Kier molecular flexibility index (Phi) is 7.80. The van der Waals surface area contributed by atoms with E-state index < -0.39 is 28.6 Å². The number of aromatic hydroxyl groups is 2. The summed E-state index contributed by atoms with van der Waals surface area (Å²) in [6.07, 6.45) is 1.57. The van der Waals surface area contributed by atoms with Crippen LogP contribution in [0.3, 0.4) is 0 Å². The Bertz CT molecular complexity index is 1960. The van der Waals surface area contributed by atoms with E-state index in [1.165, 1.54) is 37.7 Å². The number of hydrogen-bond donors (Lipinski definition) is 5. The van der Waals surface area contributed by atoms with Gasteiger partial charge in [-0.3, -0.25) is 14.5 Å². The summed E-state index contributed by atoms with van der Waals surface area (Å²) in [5, 5.41) is 48.6. The Labute approximate surface area is 267 Å². The molecule has 5 heterocycles. The Morgan fingerprint density at radius 3 is 2.63 bits per heavy atom. The van der Waals surface area contributed by atoms with Crippen molar-refractivity contribution < 1.29 is 39.1 Å². The van der Waals surface area contributed by atoms with Gasteiger partial charge in [-0.15, -0.1) is 22.0 Å². The molecule has 17 nitrogen and oxygen atoms in total. The van der Waals surface area contributed by atoms with Crippen LogP contribution in [0.15, 0.2) is 35.1 Å². The highest BCUT2D eigenvalue weighted by atomic mass is 32.2. The highest BCUT2D eigenvalue weighted by molar-refractivity contribution is 8.00. The number of ketones is 1. The second kappa shape index (κ2) is 11.6. The zero-order valence-corrected chi connectivity index (χ0v) is 26.2. The maximum atomic E-state index is 13.7.